The molecule has 0 amide bonds. The molecule has 1 aromatic heterocycles. The Morgan fingerprint density at radius 1 is 1.39 bits per heavy atom. The highest BCUT2D eigenvalue weighted by molar-refractivity contribution is 5.12. The van der Waals surface area contributed by atoms with E-state index < -0.39 is 0 Å². The van der Waals surface area contributed by atoms with Crippen molar-refractivity contribution < 1.29 is 4.74 Å². The summed E-state index contributed by atoms with van der Waals surface area (Å²) >= 11 is 0. The van der Waals surface area contributed by atoms with Crippen molar-refractivity contribution in [3.63, 3.8) is 0 Å². The van der Waals surface area contributed by atoms with Crippen LogP contribution in [0.3, 0.4) is 0 Å². The largest absolute Gasteiger partial charge is 0.380 e. The summed E-state index contributed by atoms with van der Waals surface area (Å²) in [5.74, 6) is 0.425. The molecule has 0 aliphatic heterocycles. The standard InChI is InChI=1S/C14H27N3O/c1-6-11-8-12(17(7-2)16-11)9-13(15)14(18-5)10(3)4/h8,10,13-14H,6-7,9,15H2,1-5H3. The van der Waals surface area contributed by atoms with Crippen molar-refractivity contribution in [2.45, 2.75) is 59.2 Å². The van der Waals surface area contributed by atoms with Crippen molar-refractivity contribution in [2.75, 3.05) is 7.11 Å². The van der Waals surface area contributed by atoms with Gasteiger partial charge in [0.2, 0.25) is 0 Å². The second-order valence-corrected chi connectivity index (χ2v) is 5.11. The summed E-state index contributed by atoms with van der Waals surface area (Å²) in [6, 6.07) is 2.18. The van der Waals surface area contributed by atoms with Gasteiger partial charge in [0, 0.05) is 31.8 Å². The summed E-state index contributed by atoms with van der Waals surface area (Å²) in [6.45, 7) is 9.41. The van der Waals surface area contributed by atoms with E-state index in [0.29, 0.717) is 5.92 Å². The maximum Gasteiger partial charge on any atom is 0.0748 e. The molecule has 0 fully saturated rings. The van der Waals surface area contributed by atoms with Gasteiger partial charge in [0.1, 0.15) is 0 Å². The van der Waals surface area contributed by atoms with Crippen molar-refractivity contribution in [3.05, 3.63) is 17.5 Å². The van der Waals surface area contributed by atoms with E-state index in [1.807, 2.05) is 4.68 Å². The fraction of sp³-hybridized carbons (Fsp3) is 0.786. The van der Waals surface area contributed by atoms with Crippen LogP contribution in [-0.4, -0.2) is 29.0 Å². The van der Waals surface area contributed by atoms with E-state index in [9.17, 15) is 0 Å². The smallest absolute Gasteiger partial charge is 0.0748 e. The van der Waals surface area contributed by atoms with Gasteiger partial charge in [0.15, 0.2) is 0 Å². The third kappa shape index (κ3) is 3.56. The summed E-state index contributed by atoms with van der Waals surface area (Å²) in [5, 5.41) is 4.55. The summed E-state index contributed by atoms with van der Waals surface area (Å²) in [7, 11) is 1.74. The van der Waals surface area contributed by atoms with E-state index in [1.165, 1.54) is 5.69 Å². The van der Waals surface area contributed by atoms with Crippen molar-refractivity contribution in [2.24, 2.45) is 11.7 Å². The van der Waals surface area contributed by atoms with Crippen LogP contribution in [0.25, 0.3) is 0 Å². The zero-order chi connectivity index (χ0) is 13.7. The maximum atomic E-state index is 6.27. The highest BCUT2D eigenvalue weighted by Crippen LogP contribution is 2.14. The lowest BCUT2D eigenvalue weighted by atomic mass is 9.96. The second-order valence-electron chi connectivity index (χ2n) is 5.11. The van der Waals surface area contributed by atoms with Gasteiger partial charge in [-0.25, -0.2) is 0 Å². The lowest BCUT2D eigenvalue weighted by Gasteiger charge is -2.26. The van der Waals surface area contributed by atoms with Crippen LogP contribution >= 0.6 is 0 Å². The van der Waals surface area contributed by atoms with E-state index in [4.69, 9.17) is 10.5 Å². The Hall–Kier alpha value is -0.870. The van der Waals surface area contributed by atoms with E-state index in [2.05, 4.69) is 38.9 Å². The topological polar surface area (TPSA) is 53.1 Å². The van der Waals surface area contributed by atoms with Gasteiger partial charge < -0.3 is 10.5 Å². The first-order valence-electron chi connectivity index (χ1n) is 6.87. The van der Waals surface area contributed by atoms with Gasteiger partial charge in [-0.05, 0) is 25.3 Å². The third-order valence-electron chi connectivity index (χ3n) is 3.37. The average molecular weight is 253 g/mol. The first-order valence-corrected chi connectivity index (χ1v) is 6.87. The third-order valence-corrected chi connectivity index (χ3v) is 3.37. The lowest BCUT2D eigenvalue weighted by Crippen LogP contribution is -2.41. The van der Waals surface area contributed by atoms with E-state index in [1.54, 1.807) is 7.11 Å². The molecule has 0 aliphatic rings. The first kappa shape index (κ1) is 15.2. The van der Waals surface area contributed by atoms with Crippen LogP contribution in [0.5, 0.6) is 0 Å². The van der Waals surface area contributed by atoms with E-state index >= 15 is 0 Å². The Morgan fingerprint density at radius 2 is 2.06 bits per heavy atom. The number of rotatable bonds is 7. The first-order chi connectivity index (χ1) is 8.53. The number of nitrogens with zero attached hydrogens (tertiary/aromatic N) is 2. The van der Waals surface area contributed by atoms with Crippen LogP contribution < -0.4 is 5.73 Å². The van der Waals surface area contributed by atoms with E-state index in [-0.39, 0.29) is 12.1 Å². The summed E-state index contributed by atoms with van der Waals surface area (Å²) in [4.78, 5) is 0. The summed E-state index contributed by atoms with van der Waals surface area (Å²) < 4.78 is 7.55. The van der Waals surface area contributed by atoms with Crippen LogP contribution in [0.1, 0.15) is 39.1 Å². The van der Waals surface area contributed by atoms with Crippen molar-refractivity contribution in [3.8, 4) is 0 Å². The van der Waals surface area contributed by atoms with Gasteiger partial charge in [-0.3, -0.25) is 4.68 Å². The molecule has 1 aromatic rings. The molecule has 0 bridgehead atoms. The fourth-order valence-electron chi connectivity index (χ4n) is 2.42. The zero-order valence-corrected chi connectivity index (χ0v) is 12.3. The molecule has 1 rings (SSSR count). The fourth-order valence-corrected chi connectivity index (χ4v) is 2.42. The number of hydrogen-bond acceptors (Lipinski definition) is 3. The molecule has 1 heterocycles. The number of nitrogens with two attached hydrogens (primary N) is 1. The van der Waals surface area contributed by atoms with Gasteiger partial charge in [-0.15, -0.1) is 0 Å². The lowest BCUT2D eigenvalue weighted by molar-refractivity contribution is 0.0436. The van der Waals surface area contributed by atoms with Crippen LogP contribution in [0.15, 0.2) is 6.07 Å². The highest BCUT2D eigenvalue weighted by atomic mass is 16.5. The Labute approximate surface area is 111 Å². The quantitative estimate of drug-likeness (QED) is 0.808. The Bertz CT molecular complexity index is 360. The van der Waals surface area contributed by atoms with Gasteiger partial charge in [0.05, 0.1) is 11.8 Å². The predicted molar refractivity (Wildman–Crippen MR) is 74.6 cm³/mol. The van der Waals surface area contributed by atoms with Crippen LogP contribution in [0.2, 0.25) is 0 Å². The van der Waals surface area contributed by atoms with Gasteiger partial charge in [-0.2, -0.15) is 5.10 Å². The van der Waals surface area contributed by atoms with Crippen molar-refractivity contribution >= 4 is 0 Å². The molecular weight excluding hydrogens is 226 g/mol. The molecule has 0 aromatic carbocycles. The molecule has 0 radical (unpaired) electrons. The molecule has 104 valence electrons. The number of aryl methyl sites for hydroxylation is 2. The number of methoxy groups -OCH3 is 1. The number of hydrogen-bond donors (Lipinski definition) is 1. The van der Waals surface area contributed by atoms with Gasteiger partial charge >= 0.3 is 0 Å². The molecule has 4 heteroatoms. The Morgan fingerprint density at radius 3 is 2.50 bits per heavy atom. The van der Waals surface area contributed by atoms with Crippen LogP contribution in [-0.2, 0) is 24.1 Å². The SMILES string of the molecule is CCc1cc(CC(N)C(OC)C(C)C)n(CC)n1. The maximum absolute atomic E-state index is 6.27. The predicted octanol–water partition coefficient (Wildman–Crippen LogP) is 2.01. The van der Waals surface area contributed by atoms with Crippen molar-refractivity contribution in [1.29, 1.82) is 0 Å². The molecule has 0 spiro atoms. The highest BCUT2D eigenvalue weighted by Gasteiger charge is 2.22. The molecule has 2 unspecified atom stereocenters. The molecule has 4 nitrogen and oxygen atoms in total. The van der Waals surface area contributed by atoms with E-state index in [0.717, 1.165) is 25.1 Å². The number of ether oxygens (including phenoxy) is 1. The monoisotopic (exact) mass is 253 g/mol. The Kier molecular flexibility index (Phi) is 5.82. The minimum atomic E-state index is 0.0155. The van der Waals surface area contributed by atoms with Gasteiger partial charge in [-0.1, -0.05) is 20.8 Å². The minimum Gasteiger partial charge on any atom is -0.380 e. The molecule has 2 atom stereocenters. The summed E-state index contributed by atoms with van der Waals surface area (Å²) in [5.41, 5.74) is 8.62. The molecule has 18 heavy (non-hydrogen) atoms. The summed E-state index contributed by atoms with van der Waals surface area (Å²) in [6.07, 6.45) is 1.88. The molecular formula is C14H27N3O. The second kappa shape index (κ2) is 6.90. The zero-order valence-electron chi connectivity index (χ0n) is 12.3. The number of aromatic nitrogens is 2. The molecule has 0 saturated heterocycles. The molecule has 0 saturated carbocycles. The van der Waals surface area contributed by atoms with Crippen LogP contribution in [0, 0.1) is 5.92 Å². The van der Waals surface area contributed by atoms with Gasteiger partial charge in [0.25, 0.3) is 0 Å². The average Bonchev–Trinajstić information content (AvgIpc) is 2.71. The molecule has 2 N–H and O–H groups in total. The van der Waals surface area contributed by atoms with Crippen LogP contribution in [0.4, 0.5) is 0 Å². The normalized spacial score (nSPS) is 15.1. The minimum absolute atomic E-state index is 0.0155. The van der Waals surface area contributed by atoms with Crippen molar-refractivity contribution in [1.82, 2.24) is 9.78 Å². The molecule has 0 aliphatic carbocycles. The Balaban J connectivity index is 2.79.